The third-order valence-corrected chi connectivity index (χ3v) is 3.04. The Bertz CT molecular complexity index is 284. The lowest BCUT2D eigenvalue weighted by atomic mass is 10.0. The van der Waals surface area contributed by atoms with Crippen LogP contribution in [0.1, 0.15) is 25.8 Å². The molecule has 0 saturated carbocycles. The lowest BCUT2D eigenvalue weighted by Crippen LogP contribution is -2.38. The third kappa shape index (κ3) is 5.85. The van der Waals surface area contributed by atoms with Crippen LogP contribution in [0.5, 0.6) is 0 Å². The van der Waals surface area contributed by atoms with E-state index in [4.69, 9.17) is 4.74 Å². The van der Waals surface area contributed by atoms with Gasteiger partial charge in [0.15, 0.2) is 0 Å². The van der Waals surface area contributed by atoms with Gasteiger partial charge < -0.3 is 10.1 Å². The molecule has 2 heteroatoms. The molecule has 2 nitrogen and oxygen atoms in total. The molecule has 0 aliphatic rings. The normalized spacial score (nSPS) is 12.9. The van der Waals surface area contributed by atoms with Gasteiger partial charge in [0.05, 0.1) is 6.61 Å². The minimum atomic E-state index is 0.468. The average Bonchev–Trinajstić information content (AvgIpc) is 2.34. The molecule has 0 saturated heterocycles. The highest BCUT2D eigenvalue weighted by molar-refractivity contribution is 5.14. The number of rotatable bonds is 8. The largest absolute Gasteiger partial charge is 0.383 e. The SMILES string of the molecule is COCC(NCCCc1ccccc1)C(C)C. The van der Waals surface area contributed by atoms with Gasteiger partial charge in [0, 0.05) is 13.2 Å². The molecule has 0 aromatic heterocycles. The number of ether oxygens (including phenoxy) is 1. The highest BCUT2D eigenvalue weighted by Crippen LogP contribution is 2.04. The Morgan fingerprint density at radius 1 is 1.18 bits per heavy atom. The van der Waals surface area contributed by atoms with Crippen molar-refractivity contribution in [2.24, 2.45) is 5.92 Å². The first-order valence-corrected chi connectivity index (χ1v) is 6.50. The molecule has 1 unspecified atom stereocenters. The number of aryl methyl sites for hydroxylation is 1. The summed E-state index contributed by atoms with van der Waals surface area (Å²) in [5.41, 5.74) is 1.42. The van der Waals surface area contributed by atoms with E-state index in [1.54, 1.807) is 7.11 Å². The molecule has 0 bridgehead atoms. The van der Waals surface area contributed by atoms with Crippen molar-refractivity contribution in [3.05, 3.63) is 35.9 Å². The summed E-state index contributed by atoms with van der Waals surface area (Å²) in [7, 11) is 1.76. The fraction of sp³-hybridized carbons (Fsp3) is 0.600. The minimum Gasteiger partial charge on any atom is -0.383 e. The van der Waals surface area contributed by atoms with Gasteiger partial charge in [0.1, 0.15) is 0 Å². The van der Waals surface area contributed by atoms with Crippen LogP contribution in [0, 0.1) is 5.92 Å². The van der Waals surface area contributed by atoms with Gasteiger partial charge in [-0.1, -0.05) is 44.2 Å². The molecular weight excluding hydrogens is 210 g/mol. The van der Waals surface area contributed by atoms with Gasteiger partial charge in [-0.15, -0.1) is 0 Å². The van der Waals surface area contributed by atoms with Crippen molar-refractivity contribution < 1.29 is 4.74 Å². The molecule has 1 aromatic carbocycles. The van der Waals surface area contributed by atoms with Crippen LogP contribution in [0.2, 0.25) is 0 Å². The first kappa shape index (κ1) is 14.2. The molecule has 0 aliphatic carbocycles. The van der Waals surface area contributed by atoms with Crippen molar-refractivity contribution in [2.75, 3.05) is 20.3 Å². The Morgan fingerprint density at radius 3 is 2.47 bits per heavy atom. The predicted molar refractivity (Wildman–Crippen MR) is 73.3 cm³/mol. The predicted octanol–water partition coefficient (Wildman–Crippen LogP) is 2.88. The maximum atomic E-state index is 5.22. The first-order valence-electron chi connectivity index (χ1n) is 6.50. The van der Waals surface area contributed by atoms with Crippen molar-refractivity contribution in [3.8, 4) is 0 Å². The monoisotopic (exact) mass is 235 g/mol. The summed E-state index contributed by atoms with van der Waals surface area (Å²) < 4.78 is 5.22. The van der Waals surface area contributed by atoms with Crippen LogP contribution < -0.4 is 5.32 Å². The van der Waals surface area contributed by atoms with E-state index in [-0.39, 0.29) is 0 Å². The second-order valence-corrected chi connectivity index (χ2v) is 4.85. The minimum absolute atomic E-state index is 0.468. The molecule has 1 aromatic rings. The molecule has 0 heterocycles. The fourth-order valence-corrected chi connectivity index (χ4v) is 1.89. The Balaban J connectivity index is 2.18. The molecule has 0 radical (unpaired) electrons. The summed E-state index contributed by atoms with van der Waals surface area (Å²) in [4.78, 5) is 0. The summed E-state index contributed by atoms with van der Waals surface area (Å²) in [5, 5.41) is 3.57. The molecule has 0 fully saturated rings. The van der Waals surface area contributed by atoms with Crippen molar-refractivity contribution in [1.82, 2.24) is 5.32 Å². The Kier molecular flexibility index (Phi) is 6.90. The lowest BCUT2D eigenvalue weighted by molar-refractivity contribution is 0.147. The Hall–Kier alpha value is -0.860. The molecule has 17 heavy (non-hydrogen) atoms. The number of benzene rings is 1. The molecule has 1 N–H and O–H groups in total. The molecule has 1 atom stereocenters. The van der Waals surface area contributed by atoms with Gasteiger partial charge in [0.2, 0.25) is 0 Å². The van der Waals surface area contributed by atoms with Crippen molar-refractivity contribution in [2.45, 2.75) is 32.7 Å². The summed E-state index contributed by atoms with van der Waals surface area (Å²) in [5.74, 6) is 0.617. The van der Waals surface area contributed by atoms with Gasteiger partial charge in [-0.3, -0.25) is 0 Å². The molecule has 0 aliphatic heterocycles. The van der Waals surface area contributed by atoms with E-state index in [1.165, 1.54) is 12.0 Å². The van der Waals surface area contributed by atoms with Gasteiger partial charge in [-0.05, 0) is 30.9 Å². The smallest absolute Gasteiger partial charge is 0.0618 e. The molecule has 0 spiro atoms. The second-order valence-electron chi connectivity index (χ2n) is 4.85. The van der Waals surface area contributed by atoms with E-state index in [2.05, 4.69) is 49.5 Å². The van der Waals surface area contributed by atoms with Crippen LogP contribution >= 0.6 is 0 Å². The van der Waals surface area contributed by atoms with Gasteiger partial charge >= 0.3 is 0 Å². The van der Waals surface area contributed by atoms with Crippen LogP contribution in [0.4, 0.5) is 0 Å². The summed E-state index contributed by atoms with van der Waals surface area (Å²) >= 11 is 0. The van der Waals surface area contributed by atoms with E-state index < -0.39 is 0 Å². The van der Waals surface area contributed by atoms with Crippen LogP contribution in [0.3, 0.4) is 0 Å². The molecular formula is C15H25NO. The van der Waals surface area contributed by atoms with Crippen LogP contribution in [0.25, 0.3) is 0 Å². The molecule has 0 amide bonds. The van der Waals surface area contributed by atoms with E-state index in [0.717, 1.165) is 19.6 Å². The van der Waals surface area contributed by atoms with Gasteiger partial charge in [-0.25, -0.2) is 0 Å². The number of nitrogens with one attached hydrogen (secondary N) is 1. The lowest BCUT2D eigenvalue weighted by Gasteiger charge is -2.21. The number of hydrogen-bond acceptors (Lipinski definition) is 2. The van der Waals surface area contributed by atoms with E-state index in [0.29, 0.717) is 12.0 Å². The van der Waals surface area contributed by atoms with Crippen molar-refractivity contribution in [1.29, 1.82) is 0 Å². The quantitative estimate of drug-likeness (QED) is 0.700. The number of hydrogen-bond donors (Lipinski definition) is 1. The average molecular weight is 235 g/mol. The topological polar surface area (TPSA) is 21.3 Å². The zero-order valence-electron chi connectivity index (χ0n) is 11.3. The van der Waals surface area contributed by atoms with Crippen LogP contribution in [-0.2, 0) is 11.2 Å². The first-order chi connectivity index (χ1) is 8.24. The highest BCUT2D eigenvalue weighted by atomic mass is 16.5. The van der Waals surface area contributed by atoms with Crippen molar-refractivity contribution in [3.63, 3.8) is 0 Å². The van der Waals surface area contributed by atoms with E-state index >= 15 is 0 Å². The Morgan fingerprint density at radius 2 is 1.88 bits per heavy atom. The fourth-order valence-electron chi connectivity index (χ4n) is 1.89. The van der Waals surface area contributed by atoms with E-state index in [9.17, 15) is 0 Å². The zero-order valence-corrected chi connectivity index (χ0v) is 11.3. The summed E-state index contributed by atoms with van der Waals surface area (Å²) in [6, 6.07) is 11.1. The molecule has 1 rings (SSSR count). The summed E-state index contributed by atoms with van der Waals surface area (Å²) in [6.45, 7) is 6.31. The van der Waals surface area contributed by atoms with Crippen LogP contribution in [-0.4, -0.2) is 26.3 Å². The van der Waals surface area contributed by atoms with E-state index in [1.807, 2.05) is 0 Å². The summed E-state index contributed by atoms with van der Waals surface area (Å²) in [6.07, 6.45) is 2.32. The van der Waals surface area contributed by atoms with Gasteiger partial charge in [-0.2, -0.15) is 0 Å². The third-order valence-electron chi connectivity index (χ3n) is 3.04. The molecule has 96 valence electrons. The zero-order chi connectivity index (χ0) is 12.5. The Labute approximate surface area is 105 Å². The standard InChI is InChI=1S/C15H25NO/c1-13(2)15(12-17-3)16-11-7-10-14-8-5-4-6-9-14/h4-6,8-9,13,15-16H,7,10-12H2,1-3H3. The number of methoxy groups -OCH3 is 1. The van der Waals surface area contributed by atoms with Gasteiger partial charge in [0.25, 0.3) is 0 Å². The van der Waals surface area contributed by atoms with Crippen LogP contribution in [0.15, 0.2) is 30.3 Å². The van der Waals surface area contributed by atoms with Crippen molar-refractivity contribution >= 4 is 0 Å². The maximum Gasteiger partial charge on any atom is 0.0618 e. The highest BCUT2D eigenvalue weighted by Gasteiger charge is 2.11. The maximum absolute atomic E-state index is 5.22. The second kappa shape index (κ2) is 8.26.